The van der Waals surface area contributed by atoms with Crippen LogP contribution in [0.5, 0.6) is 11.5 Å². The third kappa shape index (κ3) is 3.90. The van der Waals surface area contributed by atoms with E-state index in [1.54, 1.807) is 0 Å². The maximum atomic E-state index is 12.5. The van der Waals surface area contributed by atoms with Gasteiger partial charge in [-0.05, 0) is 46.3 Å². The minimum Gasteiger partial charge on any atom is -0.494 e. The molecule has 0 unspecified atom stereocenters. The van der Waals surface area contributed by atoms with Crippen LogP contribution in [-0.4, -0.2) is 15.5 Å². The maximum Gasteiger partial charge on any atom is 0.343 e. The first-order valence-electron chi connectivity index (χ1n) is 5.95. The average Bonchev–Trinajstić information content (AvgIpc) is 2.48. The molecule has 0 spiro atoms. The van der Waals surface area contributed by atoms with Crippen molar-refractivity contribution in [3.05, 3.63) is 50.4 Å². The van der Waals surface area contributed by atoms with Gasteiger partial charge in [-0.1, -0.05) is 23.2 Å². The van der Waals surface area contributed by atoms with Gasteiger partial charge < -0.3 is 8.92 Å². The number of methoxy groups -OCH3 is 1. The van der Waals surface area contributed by atoms with Gasteiger partial charge in [-0.3, -0.25) is 0 Å². The number of ether oxygens (including phenoxy) is 1. The van der Waals surface area contributed by atoms with Crippen LogP contribution in [0.2, 0.25) is 10.0 Å². The summed E-state index contributed by atoms with van der Waals surface area (Å²) in [4.78, 5) is -0.250. The second-order valence-corrected chi connectivity index (χ2v) is 7.43. The van der Waals surface area contributed by atoms with Gasteiger partial charge in [-0.25, -0.2) is 0 Å². The molecule has 0 aromatic heterocycles. The molecule has 120 valence electrons. The first-order chi connectivity index (χ1) is 10.8. The fourth-order valence-electron chi connectivity index (χ4n) is 1.72. The summed E-state index contributed by atoms with van der Waals surface area (Å²) in [7, 11) is -2.93. The second kappa shape index (κ2) is 6.97. The Kier molecular flexibility index (Phi) is 5.42. The maximum absolute atomic E-state index is 12.5. The molecule has 9 heteroatoms. The minimum atomic E-state index is -4.25. The Morgan fingerprint density at radius 3 is 2.48 bits per heavy atom. The van der Waals surface area contributed by atoms with Crippen molar-refractivity contribution in [1.82, 2.24) is 0 Å². The van der Waals surface area contributed by atoms with Crippen molar-refractivity contribution in [2.45, 2.75) is 4.90 Å². The van der Waals surface area contributed by atoms with E-state index in [1.165, 1.54) is 37.4 Å². The minimum absolute atomic E-state index is 0.00677. The van der Waals surface area contributed by atoms with E-state index >= 15 is 0 Å². The average molecular weight is 437 g/mol. The summed E-state index contributed by atoms with van der Waals surface area (Å²) in [5.74, 6) is -0.0528. The number of nitrogens with zero attached hydrogens (tertiary/aromatic N) is 1. The highest BCUT2D eigenvalue weighted by Gasteiger charge is 2.25. The summed E-state index contributed by atoms with van der Waals surface area (Å²) < 4.78 is 35.5. The Balaban J connectivity index is 2.50. The van der Waals surface area contributed by atoms with E-state index in [4.69, 9.17) is 37.4 Å². The third-order valence-electron chi connectivity index (χ3n) is 2.71. The highest BCUT2D eigenvalue weighted by molar-refractivity contribution is 9.10. The Morgan fingerprint density at radius 2 is 1.91 bits per heavy atom. The van der Waals surface area contributed by atoms with Gasteiger partial charge in [0.1, 0.15) is 0 Å². The molecule has 0 bridgehead atoms. The van der Waals surface area contributed by atoms with Gasteiger partial charge >= 0.3 is 10.1 Å². The van der Waals surface area contributed by atoms with E-state index < -0.39 is 10.1 Å². The van der Waals surface area contributed by atoms with Crippen molar-refractivity contribution >= 4 is 49.2 Å². The normalized spacial score (nSPS) is 10.9. The van der Waals surface area contributed by atoms with Gasteiger partial charge in [0.2, 0.25) is 0 Å². The van der Waals surface area contributed by atoms with Crippen LogP contribution in [0.3, 0.4) is 0 Å². The summed E-state index contributed by atoms with van der Waals surface area (Å²) in [5.41, 5.74) is 0.280. The van der Waals surface area contributed by atoms with Gasteiger partial charge in [0.25, 0.3) is 0 Å². The lowest BCUT2D eigenvalue weighted by atomic mass is 10.2. The third-order valence-corrected chi connectivity index (χ3v) is 5.05. The van der Waals surface area contributed by atoms with Gasteiger partial charge in [0.05, 0.1) is 28.2 Å². The molecule has 0 atom stereocenters. The Labute approximate surface area is 151 Å². The smallest absolute Gasteiger partial charge is 0.343 e. The summed E-state index contributed by atoms with van der Waals surface area (Å²) in [6.07, 6.45) is 0. The predicted octanol–water partition coefficient (Wildman–Crippen LogP) is 4.40. The number of rotatable bonds is 4. The largest absolute Gasteiger partial charge is 0.494 e. The van der Waals surface area contributed by atoms with Crippen LogP contribution >= 0.6 is 39.1 Å². The van der Waals surface area contributed by atoms with E-state index in [0.717, 1.165) is 0 Å². The lowest BCUT2D eigenvalue weighted by molar-refractivity contribution is 0.395. The Morgan fingerprint density at radius 1 is 1.22 bits per heavy atom. The molecule has 0 fully saturated rings. The van der Waals surface area contributed by atoms with Gasteiger partial charge in [0, 0.05) is 5.02 Å². The summed E-state index contributed by atoms with van der Waals surface area (Å²) in [6, 6.07) is 8.58. The number of halogens is 3. The van der Waals surface area contributed by atoms with Crippen molar-refractivity contribution in [3.8, 4) is 17.6 Å². The highest BCUT2D eigenvalue weighted by atomic mass is 79.9. The van der Waals surface area contributed by atoms with Gasteiger partial charge in [0.15, 0.2) is 16.4 Å². The van der Waals surface area contributed by atoms with Crippen LogP contribution < -0.4 is 8.92 Å². The molecule has 0 aliphatic heterocycles. The van der Waals surface area contributed by atoms with E-state index in [0.29, 0.717) is 4.47 Å². The number of nitriles is 1. The zero-order valence-corrected chi connectivity index (χ0v) is 15.4. The van der Waals surface area contributed by atoms with Gasteiger partial charge in [-0.2, -0.15) is 13.7 Å². The fraction of sp³-hybridized carbons (Fsp3) is 0.0714. The van der Waals surface area contributed by atoms with E-state index in [2.05, 4.69) is 15.9 Å². The van der Waals surface area contributed by atoms with Crippen LogP contribution in [-0.2, 0) is 10.1 Å². The number of benzene rings is 2. The molecule has 0 heterocycles. The molecule has 0 radical (unpaired) electrons. The van der Waals surface area contributed by atoms with Crippen molar-refractivity contribution in [2.75, 3.05) is 7.11 Å². The topological polar surface area (TPSA) is 76.4 Å². The molecular formula is C14H8BrCl2NO4S. The number of hydrogen-bond acceptors (Lipinski definition) is 5. The van der Waals surface area contributed by atoms with E-state index in [9.17, 15) is 8.42 Å². The lowest BCUT2D eigenvalue weighted by Crippen LogP contribution is -2.12. The summed E-state index contributed by atoms with van der Waals surface area (Å²) >= 11 is 15.0. The van der Waals surface area contributed by atoms with Crippen molar-refractivity contribution in [2.24, 2.45) is 0 Å². The molecule has 0 N–H and O–H groups in total. The standard InChI is InChI=1S/C14H8BrCl2NO4S/c1-21-14-10(15)5-9(16)6-13(14)23(19,20)22-12-3-2-8(7-18)4-11(12)17/h2-6H,1H3. The molecule has 0 saturated heterocycles. The number of hydrogen-bond donors (Lipinski definition) is 0. The summed E-state index contributed by atoms with van der Waals surface area (Å²) in [6.45, 7) is 0. The van der Waals surface area contributed by atoms with Gasteiger partial charge in [-0.15, -0.1) is 0 Å². The van der Waals surface area contributed by atoms with Crippen LogP contribution in [0.25, 0.3) is 0 Å². The molecule has 2 rings (SSSR count). The van der Waals surface area contributed by atoms with Crippen molar-refractivity contribution in [3.63, 3.8) is 0 Å². The molecule has 0 saturated carbocycles. The zero-order valence-electron chi connectivity index (χ0n) is 11.5. The van der Waals surface area contributed by atoms with Crippen LogP contribution in [0.15, 0.2) is 39.7 Å². The first kappa shape index (κ1) is 17.9. The molecule has 2 aromatic rings. The van der Waals surface area contributed by atoms with Crippen LogP contribution in [0.4, 0.5) is 0 Å². The molecule has 2 aromatic carbocycles. The van der Waals surface area contributed by atoms with Crippen LogP contribution in [0.1, 0.15) is 5.56 Å². The zero-order chi connectivity index (χ0) is 17.2. The fourth-order valence-corrected chi connectivity index (χ4v) is 4.32. The first-order valence-corrected chi connectivity index (χ1v) is 8.91. The monoisotopic (exact) mass is 435 g/mol. The molecule has 0 aliphatic rings. The van der Waals surface area contributed by atoms with Crippen LogP contribution in [0, 0.1) is 11.3 Å². The highest BCUT2D eigenvalue weighted by Crippen LogP contribution is 2.37. The Hall–Kier alpha value is -1.46. The predicted molar refractivity (Wildman–Crippen MR) is 89.7 cm³/mol. The van der Waals surface area contributed by atoms with E-state index in [-0.39, 0.29) is 32.0 Å². The molecule has 5 nitrogen and oxygen atoms in total. The molecule has 0 amide bonds. The summed E-state index contributed by atoms with van der Waals surface area (Å²) in [5, 5.41) is 8.97. The van der Waals surface area contributed by atoms with Crippen molar-refractivity contribution in [1.29, 1.82) is 5.26 Å². The molecule has 23 heavy (non-hydrogen) atoms. The van der Waals surface area contributed by atoms with Crippen molar-refractivity contribution < 1.29 is 17.3 Å². The Bertz CT molecular complexity index is 910. The molecule has 0 aliphatic carbocycles. The quantitative estimate of drug-likeness (QED) is 0.663. The molecular weight excluding hydrogens is 429 g/mol. The lowest BCUT2D eigenvalue weighted by Gasteiger charge is -2.13. The second-order valence-electron chi connectivity index (χ2n) is 4.21. The SMILES string of the molecule is COc1c(Br)cc(Cl)cc1S(=O)(=O)Oc1ccc(C#N)cc1Cl. The van der Waals surface area contributed by atoms with E-state index in [1.807, 2.05) is 6.07 Å².